The maximum Gasteiger partial charge on any atom is 0.0527 e. The van der Waals surface area contributed by atoms with Crippen LogP contribution in [0.5, 0.6) is 0 Å². The fourth-order valence-corrected chi connectivity index (χ4v) is 2.94. The fourth-order valence-electron chi connectivity index (χ4n) is 2.94. The second-order valence-electron chi connectivity index (χ2n) is 5.59. The molecule has 1 aromatic heterocycles. The molecule has 0 amide bonds. The first-order valence-electron chi connectivity index (χ1n) is 7.11. The molecule has 0 saturated heterocycles. The van der Waals surface area contributed by atoms with Gasteiger partial charge in [0.05, 0.1) is 6.20 Å². The summed E-state index contributed by atoms with van der Waals surface area (Å²) in [7, 11) is 4.24. The van der Waals surface area contributed by atoms with Gasteiger partial charge in [0.1, 0.15) is 0 Å². The van der Waals surface area contributed by atoms with E-state index in [0.717, 1.165) is 26.1 Å². The van der Waals surface area contributed by atoms with E-state index in [2.05, 4.69) is 35.0 Å². The molecule has 2 rings (SSSR count). The van der Waals surface area contributed by atoms with Crippen LogP contribution in [-0.2, 0) is 13.0 Å². The molecule has 1 heterocycles. The first kappa shape index (κ1) is 13.6. The lowest BCUT2D eigenvalue weighted by Crippen LogP contribution is -2.18. The molecule has 0 aliphatic heterocycles. The monoisotopic (exact) mass is 250 g/mol. The van der Waals surface area contributed by atoms with E-state index in [1.54, 1.807) is 0 Å². The van der Waals surface area contributed by atoms with Gasteiger partial charge in [0, 0.05) is 12.2 Å². The van der Waals surface area contributed by atoms with Crippen molar-refractivity contribution in [1.29, 1.82) is 0 Å². The number of rotatable bonds is 6. The molecule has 0 saturated carbocycles. The summed E-state index contributed by atoms with van der Waals surface area (Å²) >= 11 is 0. The van der Waals surface area contributed by atoms with Crippen LogP contribution < -0.4 is 5.73 Å². The Labute approximate surface area is 110 Å². The summed E-state index contributed by atoms with van der Waals surface area (Å²) < 4.78 is 2.22. The molecule has 2 N–H and O–H groups in total. The average molecular weight is 250 g/mol. The molecule has 0 fully saturated rings. The molecule has 18 heavy (non-hydrogen) atoms. The van der Waals surface area contributed by atoms with Gasteiger partial charge in [-0.15, -0.1) is 0 Å². The summed E-state index contributed by atoms with van der Waals surface area (Å²) in [5, 5.41) is 4.58. The van der Waals surface area contributed by atoms with Crippen LogP contribution in [0.25, 0.3) is 0 Å². The highest BCUT2D eigenvalue weighted by Gasteiger charge is 2.23. The highest BCUT2D eigenvalue weighted by Crippen LogP contribution is 2.33. The zero-order valence-electron chi connectivity index (χ0n) is 11.7. The lowest BCUT2D eigenvalue weighted by Gasteiger charge is -2.22. The highest BCUT2D eigenvalue weighted by molar-refractivity contribution is 5.25. The van der Waals surface area contributed by atoms with Crippen molar-refractivity contribution in [1.82, 2.24) is 14.7 Å². The van der Waals surface area contributed by atoms with Gasteiger partial charge in [-0.05, 0) is 70.8 Å². The zero-order valence-corrected chi connectivity index (χ0v) is 11.7. The number of hydrogen-bond donors (Lipinski definition) is 1. The molecule has 4 nitrogen and oxygen atoms in total. The summed E-state index contributed by atoms with van der Waals surface area (Å²) in [6, 6.07) is 0. The van der Waals surface area contributed by atoms with E-state index in [0.29, 0.717) is 5.92 Å². The third-order valence-corrected chi connectivity index (χ3v) is 3.88. The second-order valence-corrected chi connectivity index (χ2v) is 5.59. The third kappa shape index (κ3) is 3.12. The van der Waals surface area contributed by atoms with Gasteiger partial charge < -0.3 is 10.6 Å². The van der Waals surface area contributed by atoms with Crippen LogP contribution >= 0.6 is 0 Å². The fraction of sp³-hybridized carbons (Fsp3) is 0.786. The normalized spacial score (nSPS) is 19.2. The van der Waals surface area contributed by atoms with E-state index in [1.807, 2.05) is 0 Å². The van der Waals surface area contributed by atoms with E-state index in [9.17, 15) is 0 Å². The molecule has 102 valence electrons. The Morgan fingerprint density at radius 2 is 2.33 bits per heavy atom. The van der Waals surface area contributed by atoms with Gasteiger partial charge in [-0.25, -0.2) is 0 Å². The van der Waals surface area contributed by atoms with Gasteiger partial charge in [0.15, 0.2) is 0 Å². The van der Waals surface area contributed by atoms with Crippen molar-refractivity contribution in [3.63, 3.8) is 0 Å². The molecule has 1 aliphatic rings. The first-order chi connectivity index (χ1) is 8.72. The van der Waals surface area contributed by atoms with Gasteiger partial charge in [0.2, 0.25) is 0 Å². The summed E-state index contributed by atoms with van der Waals surface area (Å²) in [4.78, 5) is 2.23. The molecule has 1 aliphatic carbocycles. The van der Waals surface area contributed by atoms with Crippen molar-refractivity contribution in [3.8, 4) is 0 Å². The Hall–Kier alpha value is -0.870. The van der Waals surface area contributed by atoms with E-state index >= 15 is 0 Å². The van der Waals surface area contributed by atoms with Crippen molar-refractivity contribution >= 4 is 0 Å². The van der Waals surface area contributed by atoms with Crippen LogP contribution in [-0.4, -0.2) is 41.9 Å². The van der Waals surface area contributed by atoms with Crippen LogP contribution in [0.4, 0.5) is 0 Å². The molecule has 1 aromatic rings. The minimum absolute atomic E-state index is 0.654. The Bertz CT molecular complexity index is 370. The summed E-state index contributed by atoms with van der Waals surface area (Å²) in [6.45, 7) is 2.96. The maximum absolute atomic E-state index is 5.70. The number of nitrogens with zero attached hydrogens (tertiary/aromatic N) is 3. The first-order valence-corrected chi connectivity index (χ1v) is 7.11. The topological polar surface area (TPSA) is 47.1 Å². The molecule has 1 unspecified atom stereocenters. The Balaban J connectivity index is 2.01. The van der Waals surface area contributed by atoms with E-state index in [-0.39, 0.29) is 0 Å². The van der Waals surface area contributed by atoms with Crippen LogP contribution in [0.2, 0.25) is 0 Å². The number of nitrogens with two attached hydrogens (primary N) is 1. The van der Waals surface area contributed by atoms with Crippen LogP contribution in [0, 0.1) is 0 Å². The van der Waals surface area contributed by atoms with Crippen molar-refractivity contribution in [3.05, 3.63) is 17.5 Å². The predicted octanol–water partition coefficient (Wildman–Crippen LogP) is 1.60. The second kappa shape index (κ2) is 6.34. The van der Waals surface area contributed by atoms with Gasteiger partial charge in [-0.2, -0.15) is 5.10 Å². The smallest absolute Gasteiger partial charge is 0.0527 e. The minimum Gasteiger partial charge on any atom is -0.330 e. The molecular formula is C14H26N4. The molecule has 0 bridgehead atoms. The van der Waals surface area contributed by atoms with E-state index in [1.165, 1.54) is 36.9 Å². The van der Waals surface area contributed by atoms with Crippen LogP contribution in [0.3, 0.4) is 0 Å². The molecule has 0 radical (unpaired) electrons. The van der Waals surface area contributed by atoms with E-state index < -0.39 is 0 Å². The lowest BCUT2D eigenvalue weighted by atomic mass is 9.85. The minimum atomic E-state index is 0.654. The van der Waals surface area contributed by atoms with Crippen molar-refractivity contribution in [2.45, 2.75) is 44.6 Å². The number of fused-ring (bicyclic) bond motifs is 1. The van der Waals surface area contributed by atoms with Gasteiger partial charge in [-0.1, -0.05) is 0 Å². The van der Waals surface area contributed by atoms with Crippen molar-refractivity contribution in [2.75, 3.05) is 27.2 Å². The quantitative estimate of drug-likeness (QED) is 0.834. The third-order valence-electron chi connectivity index (χ3n) is 3.88. The Morgan fingerprint density at radius 3 is 3.06 bits per heavy atom. The Kier molecular flexibility index (Phi) is 4.78. The maximum atomic E-state index is 5.70. The predicted molar refractivity (Wildman–Crippen MR) is 74.7 cm³/mol. The number of aryl methyl sites for hydroxylation is 1. The lowest BCUT2D eigenvalue weighted by molar-refractivity contribution is 0.376. The number of hydrogen-bond acceptors (Lipinski definition) is 3. The highest BCUT2D eigenvalue weighted by atomic mass is 15.3. The van der Waals surface area contributed by atoms with Crippen molar-refractivity contribution in [2.24, 2.45) is 5.73 Å². The van der Waals surface area contributed by atoms with E-state index in [4.69, 9.17) is 5.73 Å². The molecule has 4 heteroatoms. The average Bonchev–Trinajstić information content (AvgIpc) is 2.74. The van der Waals surface area contributed by atoms with Gasteiger partial charge >= 0.3 is 0 Å². The Morgan fingerprint density at radius 1 is 1.50 bits per heavy atom. The summed E-state index contributed by atoms with van der Waals surface area (Å²) in [6.07, 6.45) is 8.13. The molecule has 0 aromatic carbocycles. The van der Waals surface area contributed by atoms with Gasteiger partial charge in [0.25, 0.3) is 0 Å². The van der Waals surface area contributed by atoms with Crippen LogP contribution in [0.1, 0.15) is 42.9 Å². The SMILES string of the molecule is CN(C)CCCn1ncc2c1CCCC2CCN. The zero-order chi connectivity index (χ0) is 13.0. The van der Waals surface area contributed by atoms with Gasteiger partial charge in [-0.3, -0.25) is 4.68 Å². The molecule has 1 atom stereocenters. The van der Waals surface area contributed by atoms with Crippen molar-refractivity contribution < 1.29 is 0 Å². The van der Waals surface area contributed by atoms with Crippen LogP contribution in [0.15, 0.2) is 6.20 Å². The summed E-state index contributed by atoms with van der Waals surface area (Å²) in [5.41, 5.74) is 8.64. The number of aromatic nitrogens is 2. The molecular weight excluding hydrogens is 224 g/mol. The molecule has 0 spiro atoms. The standard InChI is InChI=1S/C14H26N4/c1-17(2)9-4-10-18-14-6-3-5-12(7-8-15)13(14)11-16-18/h11-12H,3-10,15H2,1-2H3. The summed E-state index contributed by atoms with van der Waals surface area (Å²) in [5.74, 6) is 0.654. The largest absolute Gasteiger partial charge is 0.330 e.